The molecule has 0 aromatic carbocycles. The molecule has 221 valence electrons. The number of aliphatic hydroxyl groups excluding tert-OH is 1. The van der Waals surface area contributed by atoms with E-state index in [1.54, 1.807) is 21.8 Å². The summed E-state index contributed by atoms with van der Waals surface area (Å²) in [4.78, 5) is 19.7. The second-order valence-electron chi connectivity index (χ2n) is 10.6. The number of aromatic nitrogens is 10. The van der Waals surface area contributed by atoms with Crippen molar-refractivity contribution in [2.75, 3.05) is 0 Å². The molecule has 8 rings (SSSR count). The van der Waals surface area contributed by atoms with Crippen molar-refractivity contribution in [3.8, 4) is 0 Å². The Hall–Kier alpha value is -4.59. The molecule has 43 heavy (non-hydrogen) atoms. The molecule has 0 spiro atoms. The molecule has 2 aliphatic carbocycles. The van der Waals surface area contributed by atoms with Gasteiger partial charge in [-0.3, -0.25) is 4.79 Å². The van der Waals surface area contributed by atoms with E-state index in [0.29, 0.717) is 30.8 Å². The van der Waals surface area contributed by atoms with Crippen LogP contribution < -0.4 is 0 Å². The van der Waals surface area contributed by atoms with E-state index in [0.717, 1.165) is 34.5 Å². The normalized spacial score (nSPS) is 14.2. The second kappa shape index (κ2) is 12.7. The van der Waals surface area contributed by atoms with Crippen LogP contribution in [0.15, 0.2) is 61.4 Å². The van der Waals surface area contributed by atoms with Crippen molar-refractivity contribution < 1.29 is 32.4 Å². The number of hydrogen-bond acceptors (Lipinski definition) is 10. The fraction of sp³-hybridized carbons (Fsp3) is 0.321. The standard InChI is InChI=1S/C14H15N5O.C14H13N5O.Mn.2O/c2*20-9-13-8-19(17-16-13)7-12-6-18-5-11(10-1-2-10)3-4-14(18)15-12;;;/h3-6,8,10,20H,1-2,7,9H2;3-6,8-10H,1-2,7H2;;;. The van der Waals surface area contributed by atoms with Crippen molar-refractivity contribution in [1.29, 1.82) is 0 Å². The van der Waals surface area contributed by atoms with Crippen LogP contribution in [0.2, 0.25) is 0 Å². The van der Waals surface area contributed by atoms with Gasteiger partial charge >= 0.3 is 22.5 Å². The predicted molar refractivity (Wildman–Crippen MR) is 145 cm³/mol. The fourth-order valence-corrected chi connectivity index (χ4v) is 4.86. The number of aliphatic hydroxyl groups is 1. The summed E-state index contributed by atoms with van der Waals surface area (Å²) < 4.78 is 24.3. The molecule has 0 unspecified atom stereocenters. The first-order chi connectivity index (χ1) is 21.0. The summed E-state index contributed by atoms with van der Waals surface area (Å²) >= 11 is -1.44. The molecular formula is C28H28MnN10O4. The Morgan fingerprint density at radius 1 is 0.721 bits per heavy atom. The summed E-state index contributed by atoms with van der Waals surface area (Å²) in [6, 6.07) is 8.44. The van der Waals surface area contributed by atoms with Crippen LogP contribution >= 0.6 is 0 Å². The molecule has 0 bridgehead atoms. The summed E-state index contributed by atoms with van der Waals surface area (Å²) in [6.07, 6.45) is 17.6. The van der Waals surface area contributed by atoms with E-state index < -0.39 is 14.8 Å². The Balaban J connectivity index is 0.000000141. The minimum absolute atomic E-state index is 0.0874. The molecule has 2 fully saturated rings. The Bertz CT molecular complexity index is 1910. The monoisotopic (exact) mass is 623 g/mol. The minimum atomic E-state index is -1.44. The molecule has 0 amide bonds. The summed E-state index contributed by atoms with van der Waals surface area (Å²) in [5.41, 5.74) is 7.41. The number of carbonyl (C=O) groups excluding carboxylic acids is 1. The van der Waals surface area contributed by atoms with Gasteiger partial charge < -0.3 is 13.9 Å². The third-order valence-corrected chi connectivity index (χ3v) is 7.22. The fourth-order valence-electron chi connectivity index (χ4n) is 4.86. The van der Waals surface area contributed by atoms with Crippen LogP contribution in [0.5, 0.6) is 0 Å². The zero-order chi connectivity index (χ0) is 29.8. The topological polar surface area (TPSA) is 167 Å². The maximum atomic E-state index is 10.6. The maximum absolute atomic E-state index is 10.6. The molecular weight excluding hydrogens is 595 g/mol. The quantitative estimate of drug-likeness (QED) is 0.197. The van der Waals surface area contributed by atoms with E-state index >= 15 is 0 Å². The van der Waals surface area contributed by atoms with Gasteiger partial charge in [-0.05, 0) is 60.8 Å². The first kappa shape index (κ1) is 28.5. The number of aldehydes is 1. The van der Waals surface area contributed by atoms with Crippen LogP contribution in [0.1, 0.15) is 76.2 Å². The van der Waals surface area contributed by atoms with Gasteiger partial charge in [0.05, 0.1) is 43.5 Å². The molecule has 2 aliphatic rings. The summed E-state index contributed by atoms with van der Waals surface area (Å²) in [5, 5.41) is 24.4. The number of fused-ring (bicyclic) bond motifs is 2. The van der Waals surface area contributed by atoms with E-state index in [-0.39, 0.29) is 6.61 Å². The van der Waals surface area contributed by atoms with Crippen molar-refractivity contribution in [3.63, 3.8) is 0 Å². The van der Waals surface area contributed by atoms with Crippen LogP contribution in [-0.2, 0) is 42.2 Å². The molecule has 1 N–H and O–H groups in total. The molecule has 0 atom stereocenters. The van der Waals surface area contributed by atoms with E-state index in [9.17, 15) is 4.79 Å². The Kier molecular flexibility index (Phi) is 8.45. The molecule has 0 aliphatic heterocycles. The van der Waals surface area contributed by atoms with Crippen molar-refractivity contribution in [1.82, 2.24) is 48.8 Å². The molecule has 0 radical (unpaired) electrons. The molecule has 6 heterocycles. The van der Waals surface area contributed by atoms with E-state index in [1.165, 1.54) is 36.8 Å². The molecule has 0 saturated heterocycles. The Morgan fingerprint density at radius 3 is 1.67 bits per heavy atom. The number of imidazole rings is 2. The van der Waals surface area contributed by atoms with E-state index in [2.05, 4.69) is 76.1 Å². The van der Waals surface area contributed by atoms with Gasteiger partial charge in [0.25, 0.3) is 0 Å². The number of carbonyl (C=O) groups is 1. The molecule has 14 nitrogen and oxygen atoms in total. The van der Waals surface area contributed by atoms with Gasteiger partial charge in [0.2, 0.25) is 0 Å². The zero-order valence-electron chi connectivity index (χ0n) is 23.0. The van der Waals surface area contributed by atoms with Crippen LogP contribution in [-0.4, -0.2) is 60.1 Å². The van der Waals surface area contributed by atoms with E-state index in [1.807, 2.05) is 12.4 Å². The van der Waals surface area contributed by atoms with Gasteiger partial charge in [-0.2, -0.15) is 0 Å². The number of rotatable bonds is 8. The van der Waals surface area contributed by atoms with Crippen molar-refractivity contribution in [2.45, 2.75) is 57.2 Å². The van der Waals surface area contributed by atoms with Crippen LogP contribution in [0.3, 0.4) is 0 Å². The summed E-state index contributed by atoms with van der Waals surface area (Å²) in [7, 11) is 0. The van der Waals surface area contributed by atoms with Gasteiger partial charge in [0, 0.05) is 24.8 Å². The SMILES string of the molecule is O=Cc1cn(Cc2cn3cc(C4CC4)ccc3n2)nn1.OCc1cn(Cc2cn3cc(C4CC4)ccc3n2)nn1.[O]=[Mn]=[O]. The summed E-state index contributed by atoms with van der Waals surface area (Å²) in [6.45, 7) is 0.991. The Morgan fingerprint density at radius 2 is 1.23 bits per heavy atom. The van der Waals surface area contributed by atoms with Crippen molar-refractivity contribution >= 4 is 17.6 Å². The number of nitrogens with zero attached hydrogens (tertiary/aromatic N) is 10. The average Bonchev–Trinajstić information content (AvgIpc) is 3.86. The molecule has 6 aromatic heterocycles. The van der Waals surface area contributed by atoms with Gasteiger partial charge in [-0.1, -0.05) is 22.6 Å². The first-order valence-corrected chi connectivity index (χ1v) is 14.7. The molecule has 6 aromatic rings. The zero-order valence-corrected chi connectivity index (χ0v) is 24.2. The van der Waals surface area contributed by atoms with E-state index in [4.69, 9.17) is 12.8 Å². The first-order valence-electron chi connectivity index (χ1n) is 13.7. The third kappa shape index (κ3) is 7.08. The predicted octanol–water partition coefficient (Wildman–Crippen LogP) is 2.77. The molecule has 15 heteroatoms. The second-order valence-corrected chi connectivity index (χ2v) is 10.8. The number of pyridine rings is 2. The molecule has 2 saturated carbocycles. The number of hydrogen-bond donors (Lipinski definition) is 1. The van der Waals surface area contributed by atoms with Gasteiger partial charge in [0.1, 0.15) is 22.7 Å². The van der Waals surface area contributed by atoms with Crippen molar-refractivity contribution in [3.05, 3.63) is 95.3 Å². The average molecular weight is 624 g/mol. The Labute approximate surface area is 250 Å². The van der Waals surface area contributed by atoms with Gasteiger partial charge in [0.15, 0.2) is 6.29 Å². The van der Waals surface area contributed by atoms with Gasteiger partial charge in [-0.25, -0.2) is 19.3 Å². The van der Waals surface area contributed by atoms with Crippen molar-refractivity contribution in [2.24, 2.45) is 0 Å². The van der Waals surface area contributed by atoms with Crippen LogP contribution in [0.4, 0.5) is 0 Å². The van der Waals surface area contributed by atoms with Crippen LogP contribution in [0, 0.1) is 0 Å². The summed E-state index contributed by atoms with van der Waals surface area (Å²) in [5.74, 6) is 1.48. The van der Waals surface area contributed by atoms with Crippen LogP contribution in [0.25, 0.3) is 11.3 Å². The third-order valence-electron chi connectivity index (χ3n) is 7.22. The van der Waals surface area contributed by atoms with Gasteiger partial charge in [-0.15, -0.1) is 10.2 Å².